The van der Waals surface area contributed by atoms with Crippen molar-refractivity contribution < 1.29 is 13.9 Å². The van der Waals surface area contributed by atoms with Crippen molar-refractivity contribution in [2.75, 3.05) is 10.6 Å². The summed E-state index contributed by atoms with van der Waals surface area (Å²) in [5.41, 5.74) is 4.69. The Morgan fingerprint density at radius 2 is 1.74 bits per heavy atom. The highest BCUT2D eigenvalue weighted by atomic mass is 79.9. The number of hydrogen-bond donors (Lipinski definition) is 2. The van der Waals surface area contributed by atoms with Crippen LogP contribution in [0.1, 0.15) is 49.8 Å². The average molecular weight is 521 g/mol. The Morgan fingerprint density at radius 3 is 2.47 bits per heavy atom. The highest BCUT2D eigenvalue weighted by molar-refractivity contribution is 9.10. The molecule has 174 valence electrons. The van der Waals surface area contributed by atoms with Gasteiger partial charge in [0.05, 0.1) is 23.5 Å². The molecule has 2 aliphatic rings. The summed E-state index contributed by atoms with van der Waals surface area (Å²) < 4.78 is 21.5. The number of carbonyl (C=O) groups is 1. The van der Waals surface area contributed by atoms with Crippen LogP contribution in [0.2, 0.25) is 0 Å². The predicted octanol–water partition coefficient (Wildman–Crippen LogP) is 7.35. The first-order valence-electron chi connectivity index (χ1n) is 11.5. The van der Waals surface area contributed by atoms with Gasteiger partial charge in [-0.05, 0) is 74.2 Å². The maximum Gasteiger partial charge on any atom is 0.163 e. The van der Waals surface area contributed by atoms with E-state index in [-0.39, 0.29) is 23.6 Å². The zero-order valence-corrected chi connectivity index (χ0v) is 20.7. The fourth-order valence-electron chi connectivity index (χ4n) is 4.79. The topological polar surface area (TPSA) is 50.4 Å². The molecule has 6 heteroatoms. The van der Waals surface area contributed by atoms with Gasteiger partial charge in [0.25, 0.3) is 0 Å². The van der Waals surface area contributed by atoms with Crippen molar-refractivity contribution in [1.29, 1.82) is 0 Å². The summed E-state index contributed by atoms with van der Waals surface area (Å²) >= 11 is 3.46. The highest BCUT2D eigenvalue weighted by Crippen LogP contribution is 2.45. The summed E-state index contributed by atoms with van der Waals surface area (Å²) in [4.78, 5) is 13.6. The van der Waals surface area contributed by atoms with Crippen LogP contribution in [0.25, 0.3) is 0 Å². The van der Waals surface area contributed by atoms with E-state index in [1.807, 2.05) is 62.4 Å². The number of halogens is 2. The molecule has 0 amide bonds. The number of hydrogen-bond acceptors (Lipinski definition) is 4. The van der Waals surface area contributed by atoms with Crippen LogP contribution in [0.5, 0.6) is 5.75 Å². The molecule has 0 bridgehead atoms. The standard InChI is InChI=1S/C28H26BrFN2O2/c1-16(2)34-20-10-7-17(8-11-20)18-13-25-27(26(33)14-18)28(21-15-19(29)9-12-22(21)30)32-24-6-4-3-5-23(24)31-25/h3-12,15-16,18,28,31-32H,13-14H2,1-2H3. The van der Waals surface area contributed by atoms with Gasteiger partial charge in [-0.2, -0.15) is 0 Å². The molecule has 0 aromatic heterocycles. The minimum atomic E-state index is -0.584. The Hall–Kier alpha value is -3.12. The van der Waals surface area contributed by atoms with Crippen LogP contribution in [0.3, 0.4) is 0 Å². The summed E-state index contributed by atoms with van der Waals surface area (Å²) in [5.74, 6) is 0.523. The number of anilines is 2. The molecule has 1 aliphatic carbocycles. The molecule has 3 aromatic rings. The molecule has 0 saturated heterocycles. The first-order valence-corrected chi connectivity index (χ1v) is 12.3. The van der Waals surface area contributed by atoms with E-state index in [2.05, 4.69) is 26.6 Å². The molecular weight excluding hydrogens is 495 g/mol. The Kier molecular flexibility index (Phi) is 6.17. The third-order valence-electron chi connectivity index (χ3n) is 6.30. The minimum absolute atomic E-state index is 0.0194. The Balaban J connectivity index is 1.55. The largest absolute Gasteiger partial charge is 0.491 e. The van der Waals surface area contributed by atoms with Crippen molar-refractivity contribution in [3.8, 4) is 5.75 Å². The number of ether oxygens (including phenoxy) is 1. The smallest absolute Gasteiger partial charge is 0.163 e. The number of carbonyl (C=O) groups excluding carboxylic acids is 1. The van der Waals surface area contributed by atoms with Crippen molar-refractivity contribution in [2.24, 2.45) is 0 Å². The summed E-state index contributed by atoms with van der Waals surface area (Å²) in [6.45, 7) is 3.99. The first kappa shape index (κ1) is 22.7. The molecule has 5 rings (SSSR count). The quantitative estimate of drug-likeness (QED) is 0.377. The van der Waals surface area contributed by atoms with Crippen molar-refractivity contribution >= 4 is 33.1 Å². The second kappa shape index (κ2) is 9.26. The van der Waals surface area contributed by atoms with E-state index in [1.165, 1.54) is 6.07 Å². The van der Waals surface area contributed by atoms with Gasteiger partial charge in [0.15, 0.2) is 5.78 Å². The third-order valence-corrected chi connectivity index (χ3v) is 6.79. The second-order valence-electron chi connectivity index (χ2n) is 9.07. The van der Waals surface area contributed by atoms with Gasteiger partial charge in [-0.1, -0.05) is 40.2 Å². The third kappa shape index (κ3) is 4.47. The van der Waals surface area contributed by atoms with E-state index in [0.29, 0.717) is 24.0 Å². The number of allylic oxidation sites excluding steroid dienone is 1. The van der Waals surface area contributed by atoms with Gasteiger partial charge >= 0.3 is 0 Å². The van der Waals surface area contributed by atoms with Gasteiger partial charge in [-0.25, -0.2) is 4.39 Å². The van der Waals surface area contributed by atoms with Gasteiger partial charge in [-0.15, -0.1) is 0 Å². The SMILES string of the molecule is CC(C)Oc1ccc(C2CC(=O)C3=C(C2)Nc2ccccc2NC3c2cc(Br)ccc2F)cc1. The van der Waals surface area contributed by atoms with E-state index >= 15 is 0 Å². The molecule has 0 saturated carbocycles. The molecule has 2 N–H and O–H groups in total. The number of ketones is 1. The zero-order valence-electron chi connectivity index (χ0n) is 19.1. The van der Waals surface area contributed by atoms with Crippen molar-refractivity contribution in [3.05, 3.63) is 99.4 Å². The summed E-state index contributed by atoms with van der Waals surface area (Å²) in [6, 6.07) is 20.0. The zero-order chi connectivity index (χ0) is 23.8. The lowest BCUT2D eigenvalue weighted by Crippen LogP contribution is -2.27. The number of benzene rings is 3. The fourth-order valence-corrected chi connectivity index (χ4v) is 5.17. The van der Waals surface area contributed by atoms with Crippen molar-refractivity contribution in [1.82, 2.24) is 0 Å². The van der Waals surface area contributed by atoms with E-state index in [1.54, 1.807) is 12.1 Å². The lowest BCUT2D eigenvalue weighted by Gasteiger charge is -2.30. The van der Waals surface area contributed by atoms with Gasteiger partial charge < -0.3 is 15.4 Å². The Morgan fingerprint density at radius 1 is 1.00 bits per heavy atom. The van der Waals surface area contributed by atoms with Gasteiger partial charge in [0.1, 0.15) is 11.6 Å². The highest BCUT2D eigenvalue weighted by Gasteiger charge is 2.37. The van der Waals surface area contributed by atoms with E-state index in [0.717, 1.165) is 32.9 Å². The molecule has 0 spiro atoms. The minimum Gasteiger partial charge on any atom is -0.491 e. The molecule has 34 heavy (non-hydrogen) atoms. The number of nitrogens with one attached hydrogen (secondary N) is 2. The van der Waals surface area contributed by atoms with Crippen LogP contribution in [-0.2, 0) is 4.79 Å². The Bertz CT molecular complexity index is 1270. The monoisotopic (exact) mass is 520 g/mol. The van der Waals surface area contributed by atoms with Crippen molar-refractivity contribution in [2.45, 2.75) is 44.8 Å². The van der Waals surface area contributed by atoms with Crippen LogP contribution in [0.15, 0.2) is 82.5 Å². The van der Waals surface area contributed by atoms with E-state index < -0.39 is 6.04 Å². The van der Waals surface area contributed by atoms with Crippen LogP contribution < -0.4 is 15.4 Å². The summed E-state index contributed by atoms with van der Waals surface area (Å²) in [5, 5.41) is 6.94. The van der Waals surface area contributed by atoms with Gasteiger partial charge in [-0.3, -0.25) is 4.79 Å². The van der Waals surface area contributed by atoms with Crippen molar-refractivity contribution in [3.63, 3.8) is 0 Å². The number of para-hydroxylation sites is 2. The normalized spacial score (nSPS) is 19.6. The van der Waals surface area contributed by atoms with Crippen LogP contribution in [0.4, 0.5) is 15.8 Å². The number of Topliss-reactive ketones (excluding diaryl/α,β-unsaturated/α-hetero) is 1. The fraction of sp³-hybridized carbons (Fsp3) is 0.250. The maximum absolute atomic E-state index is 15.0. The number of fused-ring (bicyclic) bond motifs is 1. The van der Waals surface area contributed by atoms with Gasteiger partial charge in [0.2, 0.25) is 0 Å². The van der Waals surface area contributed by atoms with E-state index in [4.69, 9.17) is 4.74 Å². The Labute approximate surface area is 207 Å². The molecule has 0 radical (unpaired) electrons. The van der Waals surface area contributed by atoms with E-state index in [9.17, 15) is 9.18 Å². The molecule has 1 aliphatic heterocycles. The summed E-state index contributed by atoms with van der Waals surface area (Å²) in [6.07, 6.45) is 1.13. The maximum atomic E-state index is 15.0. The predicted molar refractivity (Wildman–Crippen MR) is 137 cm³/mol. The van der Waals surface area contributed by atoms with Gasteiger partial charge in [0, 0.05) is 27.7 Å². The molecular formula is C28H26BrFN2O2. The molecule has 1 heterocycles. The lowest BCUT2D eigenvalue weighted by molar-refractivity contribution is -0.116. The molecule has 2 atom stereocenters. The van der Waals surface area contributed by atoms with Crippen LogP contribution in [-0.4, -0.2) is 11.9 Å². The summed E-state index contributed by atoms with van der Waals surface area (Å²) in [7, 11) is 0. The molecule has 2 unspecified atom stereocenters. The average Bonchev–Trinajstić information content (AvgIpc) is 2.97. The molecule has 0 fully saturated rings. The first-order chi connectivity index (χ1) is 16.4. The second-order valence-corrected chi connectivity index (χ2v) is 9.99. The molecule has 4 nitrogen and oxygen atoms in total. The van der Waals surface area contributed by atoms with Crippen LogP contribution in [0, 0.1) is 5.82 Å². The molecule has 3 aromatic carbocycles. The van der Waals surface area contributed by atoms with Crippen LogP contribution >= 0.6 is 15.9 Å². The lowest BCUT2D eigenvalue weighted by atomic mass is 9.78. The number of rotatable bonds is 4.